The Bertz CT molecular complexity index is 793. The molecule has 3 rings (SSSR count). The average molecular weight is 314 g/mol. The number of aliphatic hydroxyl groups is 1. The molecule has 5 nitrogen and oxygen atoms in total. The molecular weight excluding hydrogens is 299 g/mol. The summed E-state index contributed by atoms with van der Waals surface area (Å²) in [7, 11) is 0. The van der Waals surface area contributed by atoms with E-state index in [0.717, 1.165) is 0 Å². The molecular formula is C17H15FN2O3. The van der Waals surface area contributed by atoms with Crippen LogP contribution in [0.25, 0.3) is 0 Å². The summed E-state index contributed by atoms with van der Waals surface area (Å²) < 4.78 is 18.7. The van der Waals surface area contributed by atoms with Crippen molar-refractivity contribution in [1.82, 2.24) is 4.90 Å². The van der Waals surface area contributed by atoms with E-state index in [4.69, 9.17) is 9.68 Å². The van der Waals surface area contributed by atoms with Gasteiger partial charge in [0.25, 0.3) is 5.91 Å². The maximum Gasteiger partial charge on any atom is 0.258 e. The highest BCUT2D eigenvalue weighted by Gasteiger charge is 2.37. The third kappa shape index (κ3) is 2.83. The molecule has 1 saturated heterocycles. The predicted octanol–water partition coefficient (Wildman–Crippen LogP) is 2.55. The summed E-state index contributed by atoms with van der Waals surface area (Å²) in [4.78, 5) is 14.3. The third-order valence-corrected chi connectivity index (χ3v) is 4.03. The van der Waals surface area contributed by atoms with E-state index >= 15 is 0 Å². The van der Waals surface area contributed by atoms with Crippen LogP contribution in [0.2, 0.25) is 0 Å². The third-order valence-electron chi connectivity index (χ3n) is 4.03. The van der Waals surface area contributed by atoms with E-state index < -0.39 is 12.1 Å². The summed E-state index contributed by atoms with van der Waals surface area (Å²) in [5, 5.41) is 18.8. The molecule has 0 aliphatic carbocycles. The molecule has 23 heavy (non-hydrogen) atoms. The Morgan fingerprint density at radius 1 is 1.48 bits per heavy atom. The molecule has 0 unspecified atom stereocenters. The Balaban J connectivity index is 1.94. The smallest absolute Gasteiger partial charge is 0.258 e. The van der Waals surface area contributed by atoms with Crippen LogP contribution in [0.4, 0.5) is 4.39 Å². The quantitative estimate of drug-likeness (QED) is 0.924. The zero-order chi connectivity index (χ0) is 16.6. The van der Waals surface area contributed by atoms with Gasteiger partial charge in [0, 0.05) is 12.6 Å². The van der Waals surface area contributed by atoms with Gasteiger partial charge in [-0.15, -0.1) is 0 Å². The first-order valence-corrected chi connectivity index (χ1v) is 7.24. The van der Waals surface area contributed by atoms with Gasteiger partial charge in [-0.2, -0.15) is 5.26 Å². The maximum atomic E-state index is 13.5. The Kier molecular flexibility index (Phi) is 3.89. The molecule has 1 fully saturated rings. The molecule has 2 heterocycles. The summed E-state index contributed by atoms with van der Waals surface area (Å²) >= 11 is 0. The van der Waals surface area contributed by atoms with Gasteiger partial charge < -0.3 is 14.4 Å². The lowest BCUT2D eigenvalue weighted by Crippen LogP contribution is -2.32. The number of hydrogen-bond acceptors (Lipinski definition) is 4. The molecule has 1 N–H and O–H groups in total. The second kappa shape index (κ2) is 5.86. The van der Waals surface area contributed by atoms with Crippen LogP contribution >= 0.6 is 0 Å². The van der Waals surface area contributed by atoms with E-state index in [-0.39, 0.29) is 29.6 Å². The van der Waals surface area contributed by atoms with Crippen LogP contribution in [0, 0.1) is 24.1 Å². The zero-order valence-electron chi connectivity index (χ0n) is 12.5. The first-order chi connectivity index (χ1) is 11.0. The Hall–Kier alpha value is -2.65. The normalized spacial score (nSPS) is 20.5. The topological polar surface area (TPSA) is 77.5 Å². The SMILES string of the molecule is Cc1oc(C#N)cc1C(=O)N1C[C@@H](O)C[C@@H]1c1cccc(F)c1. The van der Waals surface area contributed by atoms with E-state index in [2.05, 4.69) is 0 Å². The summed E-state index contributed by atoms with van der Waals surface area (Å²) in [5.41, 5.74) is 0.925. The molecule has 2 aromatic rings. The van der Waals surface area contributed by atoms with Gasteiger partial charge in [0.1, 0.15) is 17.6 Å². The lowest BCUT2D eigenvalue weighted by atomic mass is 10.0. The molecule has 1 aliphatic rings. The number of nitrogens with zero attached hydrogens (tertiary/aromatic N) is 2. The van der Waals surface area contributed by atoms with Gasteiger partial charge in [-0.3, -0.25) is 4.79 Å². The number of amides is 1. The summed E-state index contributed by atoms with van der Waals surface area (Å²) in [6.07, 6.45) is -0.327. The minimum atomic E-state index is -0.671. The van der Waals surface area contributed by atoms with Crippen molar-refractivity contribution >= 4 is 5.91 Å². The number of halogens is 1. The van der Waals surface area contributed by atoms with Gasteiger partial charge in [0.15, 0.2) is 0 Å². The van der Waals surface area contributed by atoms with Crippen LogP contribution in [0.5, 0.6) is 0 Å². The molecule has 0 bridgehead atoms. The number of aryl methyl sites for hydroxylation is 1. The highest BCUT2D eigenvalue weighted by molar-refractivity contribution is 5.96. The minimum Gasteiger partial charge on any atom is -0.450 e. The molecule has 0 radical (unpaired) electrons. The molecule has 2 atom stereocenters. The van der Waals surface area contributed by atoms with Crippen molar-refractivity contribution in [3.63, 3.8) is 0 Å². The number of aliphatic hydroxyl groups excluding tert-OH is 1. The predicted molar refractivity (Wildman–Crippen MR) is 79.0 cm³/mol. The van der Waals surface area contributed by atoms with E-state index in [1.807, 2.05) is 6.07 Å². The number of furan rings is 1. The summed E-state index contributed by atoms with van der Waals surface area (Å²) in [5.74, 6) is -0.306. The number of rotatable bonds is 2. The van der Waals surface area contributed by atoms with Crippen molar-refractivity contribution in [2.75, 3.05) is 6.54 Å². The molecule has 118 valence electrons. The van der Waals surface area contributed by atoms with Crippen molar-refractivity contribution in [3.8, 4) is 6.07 Å². The largest absolute Gasteiger partial charge is 0.450 e. The Morgan fingerprint density at radius 2 is 2.26 bits per heavy atom. The number of carbonyl (C=O) groups excluding carboxylic acids is 1. The number of benzene rings is 1. The van der Waals surface area contributed by atoms with Gasteiger partial charge in [0.05, 0.1) is 17.7 Å². The van der Waals surface area contributed by atoms with Gasteiger partial charge >= 0.3 is 0 Å². The number of β-amino-alcohol motifs (C(OH)–C–C–N with tert-alkyl or cyclic N) is 1. The van der Waals surface area contributed by atoms with Crippen LogP contribution in [0.1, 0.15) is 39.9 Å². The number of carbonyl (C=O) groups is 1. The summed E-state index contributed by atoms with van der Waals surface area (Å²) in [6, 6.07) is 8.85. The molecule has 6 heteroatoms. The lowest BCUT2D eigenvalue weighted by Gasteiger charge is -2.24. The molecule has 1 aromatic heterocycles. The number of likely N-dealkylation sites (tertiary alicyclic amines) is 1. The van der Waals surface area contributed by atoms with Gasteiger partial charge in [-0.1, -0.05) is 12.1 Å². The molecule has 1 aliphatic heterocycles. The van der Waals surface area contributed by atoms with Crippen molar-refractivity contribution in [3.05, 3.63) is 58.8 Å². The maximum absolute atomic E-state index is 13.5. The van der Waals surface area contributed by atoms with Crippen LogP contribution in [-0.4, -0.2) is 28.6 Å². The lowest BCUT2D eigenvalue weighted by molar-refractivity contribution is 0.0714. The van der Waals surface area contributed by atoms with E-state index in [0.29, 0.717) is 17.7 Å². The molecule has 1 amide bonds. The van der Waals surface area contributed by atoms with Gasteiger partial charge in [-0.05, 0) is 31.0 Å². The Morgan fingerprint density at radius 3 is 2.91 bits per heavy atom. The minimum absolute atomic E-state index is 0.0629. The van der Waals surface area contributed by atoms with E-state index in [9.17, 15) is 14.3 Å². The number of nitriles is 1. The fraction of sp³-hybridized carbons (Fsp3) is 0.294. The van der Waals surface area contributed by atoms with Gasteiger partial charge in [0.2, 0.25) is 5.76 Å². The van der Waals surface area contributed by atoms with Crippen molar-refractivity contribution in [1.29, 1.82) is 5.26 Å². The molecule has 1 aromatic carbocycles. The van der Waals surface area contributed by atoms with Crippen molar-refractivity contribution in [2.24, 2.45) is 0 Å². The van der Waals surface area contributed by atoms with Crippen LogP contribution < -0.4 is 0 Å². The highest BCUT2D eigenvalue weighted by atomic mass is 19.1. The van der Waals surface area contributed by atoms with E-state index in [1.54, 1.807) is 19.1 Å². The van der Waals surface area contributed by atoms with Crippen LogP contribution in [-0.2, 0) is 0 Å². The van der Waals surface area contributed by atoms with E-state index in [1.165, 1.54) is 23.1 Å². The molecule has 0 spiro atoms. The standard InChI is InChI=1S/C17H15FN2O3/c1-10-15(7-14(8-19)23-10)17(22)20-9-13(21)6-16(20)11-3-2-4-12(18)5-11/h2-5,7,13,16,21H,6,9H2,1H3/t13-,16+/m0/s1. The van der Waals surface area contributed by atoms with Crippen LogP contribution in [0.15, 0.2) is 34.7 Å². The second-order valence-corrected chi connectivity index (χ2v) is 5.61. The molecule has 0 saturated carbocycles. The highest BCUT2D eigenvalue weighted by Crippen LogP contribution is 2.34. The first-order valence-electron chi connectivity index (χ1n) is 7.24. The fourth-order valence-electron chi connectivity index (χ4n) is 2.97. The zero-order valence-corrected chi connectivity index (χ0v) is 12.5. The van der Waals surface area contributed by atoms with Gasteiger partial charge in [-0.25, -0.2) is 4.39 Å². The summed E-state index contributed by atoms with van der Waals surface area (Å²) in [6.45, 7) is 1.77. The fourth-order valence-corrected chi connectivity index (χ4v) is 2.97. The first kappa shape index (κ1) is 15.3. The van der Waals surface area contributed by atoms with Crippen molar-refractivity contribution in [2.45, 2.75) is 25.5 Å². The van der Waals surface area contributed by atoms with Crippen LogP contribution in [0.3, 0.4) is 0 Å². The second-order valence-electron chi connectivity index (χ2n) is 5.61. The monoisotopic (exact) mass is 314 g/mol. The average Bonchev–Trinajstić information content (AvgIpc) is 3.09. The Labute approximate surface area is 132 Å². The van der Waals surface area contributed by atoms with Crippen molar-refractivity contribution < 1.29 is 18.7 Å². The number of hydrogen-bond donors (Lipinski definition) is 1.